The van der Waals surface area contributed by atoms with Crippen molar-refractivity contribution in [3.63, 3.8) is 0 Å². The fraction of sp³-hybridized carbons (Fsp3) is 0.368. The maximum Gasteiger partial charge on any atom is 0.330 e. The average Bonchev–Trinajstić information content (AvgIpc) is 2.62. The van der Waals surface area contributed by atoms with E-state index in [2.05, 4.69) is 9.64 Å². The van der Waals surface area contributed by atoms with Crippen molar-refractivity contribution >= 4 is 11.9 Å². The Morgan fingerprint density at radius 1 is 1.00 bits per heavy atom. The number of esters is 2. The van der Waals surface area contributed by atoms with Gasteiger partial charge in [-0.25, -0.2) is 9.59 Å². The number of methoxy groups -OCH3 is 2. The summed E-state index contributed by atoms with van der Waals surface area (Å²) in [5.74, 6) is 0.0338. The highest BCUT2D eigenvalue weighted by atomic mass is 16.5. The molecule has 136 valence electrons. The highest BCUT2D eigenvalue weighted by Crippen LogP contribution is 2.13. The lowest BCUT2D eigenvalue weighted by atomic mass is 10.2. The van der Waals surface area contributed by atoms with E-state index >= 15 is 0 Å². The molecule has 0 aliphatic carbocycles. The van der Waals surface area contributed by atoms with Crippen molar-refractivity contribution in [3.05, 3.63) is 54.1 Å². The summed E-state index contributed by atoms with van der Waals surface area (Å²) in [6, 6.07) is 7.74. The minimum absolute atomic E-state index is 0.348. The van der Waals surface area contributed by atoms with Crippen LogP contribution in [0.4, 0.5) is 0 Å². The first-order valence-electron chi connectivity index (χ1n) is 8.02. The van der Waals surface area contributed by atoms with E-state index in [-0.39, 0.29) is 5.97 Å². The van der Waals surface area contributed by atoms with Crippen molar-refractivity contribution in [1.29, 1.82) is 0 Å². The fourth-order valence-corrected chi connectivity index (χ4v) is 2.05. The number of nitrogens with zero attached hydrogens (tertiary/aromatic N) is 1. The predicted octanol–water partition coefficient (Wildman–Crippen LogP) is 2.35. The lowest BCUT2D eigenvalue weighted by molar-refractivity contribution is -0.137. The molecule has 0 spiro atoms. The monoisotopic (exact) mass is 347 g/mol. The maximum absolute atomic E-state index is 11.4. The van der Waals surface area contributed by atoms with Gasteiger partial charge in [0.2, 0.25) is 0 Å². The van der Waals surface area contributed by atoms with Gasteiger partial charge in [-0.2, -0.15) is 0 Å². The van der Waals surface area contributed by atoms with Crippen LogP contribution in [0.25, 0.3) is 0 Å². The van der Waals surface area contributed by atoms with Crippen LogP contribution < -0.4 is 4.74 Å². The largest absolute Gasteiger partial charge is 0.497 e. The van der Waals surface area contributed by atoms with Gasteiger partial charge in [0.25, 0.3) is 0 Å². The van der Waals surface area contributed by atoms with E-state index in [1.807, 2.05) is 24.3 Å². The van der Waals surface area contributed by atoms with E-state index in [0.29, 0.717) is 26.2 Å². The van der Waals surface area contributed by atoms with Crippen molar-refractivity contribution in [2.75, 3.05) is 33.9 Å². The molecular weight excluding hydrogens is 322 g/mol. The van der Waals surface area contributed by atoms with Gasteiger partial charge in [0.05, 0.1) is 20.8 Å². The van der Waals surface area contributed by atoms with Gasteiger partial charge in [-0.1, -0.05) is 24.3 Å². The van der Waals surface area contributed by atoms with Gasteiger partial charge in [0.1, 0.15) is 5.75 Å². The smallest absolute Gasteiger partial charge is 0.330 e. The number of hydrogen-bond donors (Lipinski definition) is 0. The molecule has 0 aromatic heterocycles. The Balaban J connectivity index is 2.69. The molecule has 1 aromatic rings. The highest BCUT2D eigenvalue weighted by Gasteiger charge is 2.04. The van der Waals surface area contributed by atoms with E-state index in [4.69, 9.17) is 9.47 Å². The van der Waals surface area contributed by atoms with Gasteiger partial charge in [0.15, 0.2) is 0 Å². The molecule has 0 saturated heterocycles. The summed E-state index contributed by atoms with van der Waals surface area (Å²) in [5, 5.41) is 0. The Labute approximate surface area is 148 Å². The molecule has 6 heteroatoms. The van der Waals surface area contributed by atoms with Crippen LogP contribution in [0.15, 0.2) is 48.6 Å². The lowest BCUT2D eigenvalue weighted by Crippen LogP contribution is -2.24. The molecule has 1 aromatic carbocycles. The Hall–Kier alpha value is -2.60. The third-order valence-corrected chi connectivity index (χ3v) is 3.29. The zero-order valence-electron chi connectivity index (χ0n) is 14.9. The lowest BCUT2D eigenvalue weighted by Gasteiger charge is -2.19. The Bertz CT molecular complexity index is 592. The normalized spacial score (nSPS) is 11.2. The van der Waals surface area contributed by atoms with E-state index in [9.17, 15) is 9.59 Å². The first-order chi connectivity index (χ1) is 12.1. The van der Waals surface area contributed by atoms with Gasteiger partial charge >= 0.3 is 11.9 Å². The van der Waals surface area contributed by atoms with Crippen LogP contribution in [0.3, 0.4) is 0 Å². The van der Waals surface area contributed by atoms with Crippen LogP contribution in [0.2, 0.25) is 0 Å². The van der Waals surface area contributed by atoms with Gasteiger partial charge in [-0.05, 0) is 24.6 Å². The molecule has 1 rings (SSSR count). The van der Waals surface area contributed by atoms with Crippen molar-refractivity contribution in [1.82, 2.24) is 4.90 Å². The second-order valence-electron chi connectivity index (χ2n) is 5.12. The number of ether oxygens (including phenoxy) is 3. The van der Waals surface area contributed by atoms with Crippen molar-refractivity contribution in [3.8, 4) is 5.75 Å². The summed E-state index contributed by atoms with van der Waals surface area (Å²) in [4.78, 5) is 24.6. The van der Waals surface area contributed by atoms with Crippen molar-refractivity contribution in [2.24, 2.45) is 0 Å². The SMILES string of the molecule is CCOC(=O)C=CCN(CC=CC(=O)OC)Cc1ccc(OC)cc1. The Kier molecular flexibility index (Phi) is 9.70. The zero-order valence-corrected chi connectivity index (χ0v) is 14.9. The van der Waals surface area contributed by atoms with Gasteiger partial charge in [-0.3, -0.25) is 4.90 Å². The third-order valence-electron chi connectivity index (χ3n) is 3.29. The third kappa shape index (κ3) is 8.72. The molecule has 6 nitrogen and oxygen atoms in total. The maximum atomic E-state index is 11.4. The molecule has 0 amide bonds. The summed E-state index contributed by atoms with van der Waals surface area (Å²) in [5.41, 5.74) is 1.09. The molecule has 0 unspecified atom stereocenters. The molecule has 0 heterocycles. The first kappa shape index (κ1) is 20.4. The second-order valence-corrected chi connectivity index (χ2v) is 5.12. The van der Waals surface area contributed by atoms with Crippen LogP contribution >= 0.6 is 0 Å². The second kappa shape index (κ2) is 11.9. The molecule has 0 radical (unpaired) electrons. The molecule has 0 aliphatic heterocycles. The molecule has 0 saturated carbocycles. The van der Waals surface area contributed by atoms with E-state index < -0.39 is 5.97 Å². The summed E-state index contributed by atoms with van der Waals surface area (Å²) in [7, 11) is 2.96. The first-order valence-corrected chi connectivity index (χ1v) is 8.02. The number of carbonyl (C=O) groups excluding carboxylic acids is 2. The van der Waals surface area contributed by atoms with E-state index in [0.717, 1.165) is 11.3 Å². The van der Waals surface area contributed by atoms with Crippen molar-refractivity contribution in [2.45, 2.75) is 13.5 Å². The van der Waals surface area contributed by atoms with Crippen LogP contribution in [0.1, 0.15) is 12.5 Å². The molecule has 0 N–H and O–H groups in total. The fourth-order valence-electron chi connectivity index (χ4n) is 2.05. The quantitative estimate of drug-likeness (QED) is 0.478. The summed E-state index contributed by atoms with van der Waals surface area (Å²) in [6.07, 6.45) is 6.27. The van der Waals surface area contributed by atoms with Crippen LogP contribution in [-0.4, -0.2) is 50.8 Å². The summed E-state index contributed by atoms with van der Waals surface area (Å²) < 4.78 is 14.6. The number of benzene rings is 1. The minimum atomic E-state index is -0.397. The standard InChI is InChI=1S/C19H25NO5/c1-4-25-19(22)8-6-14-20(13-5-7-18(21)24-3)15-16-9-11-17(23-2)12-10-16/h5-12H,4,13-15H2,1-3H3. The number of carbonyl (C=O) groups is 2. The average molecular weight is 347 g/mol. The van der Waals surface area contributed by atoms with Gasteiger partial charge in [-0.15, -0.1) is 0 Å². The predicted molar refractivity (Wildman–Crippen MR) is 95.2 cm³/mol. The number of rotatable bonds is 10. The summed E-state index contributed by atoms with van der Waals surface area (Å²) in [6.45, 7) is 3.84. The molecule has 0 fully saturated rings. The highest BCUT2D eigenvalue weighted by molar-refractivity contribution is 5.82. The molecule has 0 atom stereocenters. The van der Waals surface area contributed by atoms with E-state index in [1.54, 1.807) is 26.2 Å². The Morgan fingerprint density at radius 2 is 1.60 bits per heavy atom. The van der Waals surface area contributed by atoms with Crippen LogP contribution in [0, 0.1) is 0 Å². The van der Waals surface area contributed by atoms with Crippen LogP contribution in [0.5, 0.6) is 5.75 Å². The van der Waals surface area contributed by atoms with Gasteiger partial charge in [0, 0.05) is 31.8 Å². The molecule has 0 aliphatic rings. The Morgan fingerprint density at radius 3 is 2.12 bits per heavy atom. The van der Waals surface area contributed by atoms with Gasteiger partial charge < -0.3 is 14.2 Å². The van der Waals surface area contributed by atoms with Crippen LogP contribution in [-0.2, 0) is 25.6 Å². The number of hydrogen-bond acceptors (Lipinski definition) is 6. The summed E-state index contributed by atoms with van der Waals surface area (Å²) >= 11 is 0. The molecule has 0 bridgehead atoms. The molecule has 25 heavy (non-hydrogen) atoms. The van der Waals surface area contributed by atoms with E-state index in [1.165, 1.54) is 19.3 Å². The molecular formula is C19H25NO5. The van der Waals surface area contributed by atoms with Crippen molar-refractivity contribution < 1.29 is 23.8 Å². The zero-order chi connectivity index (χ0) is 18.5. The topological polar surface area (TPSA) is 65.1 Å². The minimum Gasteiger partial charge on any atom is -0.497 e.